The second kappa shape index (κ2) is 6.17. The number of aromatic amines is 1. The number of aromatic nitrogens is 2. The molecule has 1 amide bonds. The number of nitrogens with two attached hydrogens (primary N) is 1. The first-order valence-corrected chi connectivity index (χ1v) is 6.46. The van der Waals surface area contributed by atoms with Crippen LogP contribution in [0.1, 0.15) is 23.0 Å². The Hall–Kier alpha value is -2.70. The summed E-state index contributed by atoms with van der Waals surface area (Å²) in [5.74, 6) is 1.00. The van der Waals surface area contributed by atoms with Gasteiger partial charge < -0.3 is 20.5 Å². The molecule has 21 heavy (non-hydrogen) atoms. The van der Waals surface area contributed by atoms with Crippen molar-refractivity contribution in [1.82, 2.24) is 10.2 Å². The highest BCUT2D eigenvalue weighted by molar-refractivity contribution is 6.07. The van der Waals surface area contributed by atoms with E-state index in [1.54, 1.807) is 12.1 Å². The molecule has 7 heteroatoms. The average molecular weight is 290 g/mol. The van der Waals surface area contributed by atoms with Crippen LogP contribution < -0.4 is 20.5 Å². The van der Waals surface area contributed by atoms with Gasteiger partial charge in [-0.2, -0.15) is 5.10 Å². The fraction of sp³-hybridized carbons (Fsp3) is 0.286. The van der Waals surface area contributed by atoms with Crippen LogP contribution in [0.25, 0.3) is 0 Å². The van der Waals surface area contributed by atoms with Crippen molar-refractivity contribution in [2.24, 2.45) is 0 Å². The molecule has 0 atom stereocenters. The van der Waals surface area contributed by atoms with Crippen molar-refractivity contribution in [3.8, 4) is 11.5 Å². The monoisotopic (exact) mass is 290 g/mol. The molecule has 1 heterocycles. The van der Waals surface area contributed by atoms with E-state index in [0.717, 1.165) is 12.1 Å². The van der Waals surface area contributed by atoms with Crippen LogP contribution in [0.2, 0.25) is 0 Å². The largest absolute Gasteiger partial charge is 0.493 e. The van der Waals surface area contributed by atoms with E-state index in [2.05, 4.69) is 15.5 Å². The topological polar surface area (TPSA) is 102 Å². The molecule has 1 aromatic carbocycles. The molecule has 0 bridgehead atoms. The Morgan fingerprint density at radius 1 is 1.29 bits per heavy atom. The Labute approximate surface area is 122 Å². The molecule has 2 aromatic rings. The van der Waals surface area contributed by atoms with Crippen molar-refractivity contribution in [3.05, 3.63) is 29.5 Å². The second-order valence-electron chi connectivity index (χ2n) is 4.38. The van der Waals surface area contributed by atoms with Gasteiger partial charge in [0, 0.05) is 23.5 Å². The van der Waals surface area contributed by atoms with E-state index < -0.39 is 0 Å². The molecule has 0 saturated heterocycles. The summed E-state index contributed by atoms with van der Waals surface area (Å²) in [7, 11) is 3.00. The fourth-order valence-corrected chi connectivity index (χ4v) is 1.88. The first-order chi connectivity index (χ1) is 10.1. The third-order valence-electron chi connectivity index (χ3n) is 3.05. The summed E-state index contributed by atoms with van der Waals surface area (Å²) < 4.78 is 10.3. The standard InChI is InChI=1S/C14H18N4O3/c1-4-8-5-13(18-17-8)16-14(19)9-6-11(20-2)12(21-3)7-10(9)15/h5-7H,4,15H2,1-3H3,(H2,16,17,18,19). The van der Waals surface area contributed by atoms with Crippen molar-refractivity contribution in [1.29, 1.82) is 0 Å². The molecule has 0 saturated carbocycles. The molecule has 2 rings (SSSR count). The molecule has 7 nitrogen and oxygen atoms in total. The summed E-state index contributed by atoms with van der Waals surface area (Å²) >= 11 is 0. The number of amides is 1. The van der Waals surface area contributed by atoms with E-state index >= 15 is 0 Å². The number of hydrogen-bond donors (Lipinski definition) is 3. The minimum absolute atomic E-state index is 0.300. The van der Waals surface area contributed by atoms with E-state index in [0.29, 0.717) is 28.6 Å². The van der Waals surface area contributed by atoms with E-state index in [-0.39, 0.29) is 5.91 Å². The van der Waals surface area contributed by atoms with Crippen LogP contribution in [0.4, 0.5) is 11.5 Å². The van der Waals surface area contributed by atoms with Crippen LogP contribution in [0.3, 0.4) is 0 Å². The Bertz CT molecular complexity index is 652. The molecule has 4 N–H and O–H groups in total. The average Bonchev–Trinajstić information content (AvgIpc) is 2.94. The predicted octanol–water partition coefficient (Wildman–Crippen LogP) is 1.82. The number of ether oxygens (including phenoxy) is 2. The third kappa shape index (κ3) is 3.07. The van der Waals surface area contributed by atoms with Gasteiger partial charge in [0.1, 0.15) is 0 Å². The molecule has 0 aliphatic heterocycles. The Morgan fingerprint density at radius 2 is 1.95 bits per heavy atom. The van der Waals surface area contributed by atoms with Crippen LogP contribution in [0, 0.1) is 0 Å². The van der Waals surface area contributed by atoms with Gasteiger partial charge in [-0.05, 0) is 12.5 Å². The zero-order valence-corrected chi connectivity index (χ0v) is 12.2. The Kier molecular flexibility index (Phi) is 4.32. The van der Waals surface area contributed by atoms with Gasteiger partial charge in [-0.3, -0.25) is 9.89 Å². The Balaban J connectivity index is 2.26. The minimum atomic E-state index is -0.359. The van der Waals surface area contributed by atoms with Crippen molar-refractivity contribution in [2.45, 2.75) is 13.3 Å². The maximum atomic E-state index is 12.3. The first-order valence-electron chi connectivity index (χ1n) is 6.46. The lowest BCUT2D eigenvalue weighted by Crippen LogP contribution is -2.14. The van der Waals surface area contributed by atoms with E-state index in [1.807, 2.05) is 6.92 Å². The van der Waals surface area contributed by atoms with Gasteiger partial charge in [-0.1, -0.05) is 6.92 Å². The minimum Gasteiger partial charge on any atom is -0.493 e. The van der Waals surface area contributed by atoms with Crippen molar-refractivity contribution in [3.63, 3.8) is 0 Å². The summed E-state index contributed by atoms with van der Waals surface area (Å²) in [5.41, 5.74) is 7.42. The van der Waals surface area contributed by atoms with Gasteiger partial charge >= 0.3 is 0 Å². The predicted molar refractivity (Wildman–Crippen MR) is 79.9 cm³/mol. The highest BCUT2D eigenvalue weighted by atomic mass is 16.5. The maximum absolute atomic E-state index is 12.3. The number of hydrogen-bond acceptors (Lipinski definition) is 5. The maximum Gasteiger partial charge on any atom is 0.259 e. The number of nitrogen functional groups attached to an aromatic ring is 1. The summed E-state index contributed by atoms with van der Waals surface area (Å²) in [4.78, 5) is 12.3. The first kappa shape index (κ1) is 14.7. The Morgan fingerprint density at radius 3 is 2.52 bits per heavy atom. The number of H-pyrrole nitrogens is 1. The molecule has 0 fully saturated rings. The van der Waals surface area contributed by atoms with Gasteiger partial charge in [0.05, 0.1) is 19.8 Å². The number of carbonyl (C=O) groups is 1. The molecule has 112 valence electrons. The molecule has 0 aliphatic carbocycles. The van der Waals surface area contributed by atoms with Gasteiger partial charge in [0.15, 0.2) is 17.3 Å². The number of rotatable bonds is 5. The van der Waals surface area contributed by atoms with E-state index in [9.17, 15) is 4.79 Å². The van der Waals surface area contributed by atoms with Crippen LogP contribution >= 0.6 is 0 Å². The summed E-state index contributed by atoms with van der Waals surface area (Å²) in [6.07, 6.45) is 0.807. The van der Waals surface area contributed by atoms with Crippen molar-refractivity contribution in [2.75, 3.05) is 25.3 Å². The SMILES string of the molecule is CCc1cc(NC(=O)c2cc(OC)c(OC)cc2N)n[nH]1. The number of nitrogens with one attached hydrogen (secondary N) is 2. The zero-order chi connectivity index (χ0) is 15.4. The molecule has 0 aliphatic rings. The summed E-state index contributed by atoms with van der Waals surface area (Å²) in [6.45, 7) is 1.99. The second-order valence-corrected chi connectivity index (χ2v) is 4.38. The highest BCUT2D eigenvalue weighted by Gasteiger charge is 2.16. The van der Waals surface area contributed by atoms with Crippen LogP contribution in [0.5, 0.6) is 11.5 Å². The number of methoxy groups -OCH3 is 2. The molecule has 0 unspecified atom stereocenters. The molecule has 0 spiro atoms. The van der Waals surface area contributed by atoms with Crippen molar-refractivity contribution < 1.29 is 14.3 Å². The molecular weight excluding hydrogens is 272 g/mol. The lowest BCUT2D eigenvalue weighted by molar-refractivity contribution is 0.102. The zero-order valence-electron chi connectivity index (χ0n) is 12.2. The highest BCUT2D eigenvalue weighted by Crippen LogP contribution is 2.32. The van der Waals surface area contributed by atoms with Crippen LogP contribution in [-0.2, 0) is 6.42 Å². The van der Waals surface area contributed by atoms with Gasteiger partial charge in [-0.15, -0.1) is 0 Å². The van der Waals surface area contributed by atoms with Gasteiger partial charge in [-0.25, -0.2) is 0 Å². The van der Waals surface area contributed by atoms with Crippen LogP contribution in [-0.4, -0.2) is 30.3 Å². The molecular formula is C14H18N4O3. The smallest absolute Gasteiger partial charge is 0.259 e. The number of nitrogens with zero attached hydrogens (tertiary/aromatic N) is 1. The number of aryl methyl sites for hydroxylation is 1. The van der Waals surface area contributed by atoms with Gasteiger partial charge in [0.2, 0.25) is 0 Å². The van der Waals surface area contributed by atoms with Crippen molar-refractivity contribution >= 4 is 17.4 Å². The number of carbonyl (C=O) groups excluding carboxylic acids is 1. The quantitative estimate of drug-likeness (QED) is 0.729. The van der Waals surface area contributed by atoms with E-state index in [4.69, 9.17) is 15.2 Å². The van der Waals surface area contributed by atoms with E-state index in [1.165, 1.54) is 20.3 Å². The lowest BCUT2D eigenvalue weighted by atomic mass is 10.1. The number of anilines is 2. The summed E-state index contributed by atoms with van der Waals surface area (Å²) in [5, 5.41) is 9.52. The molecule has 0 radical (unpaired) electrons. The van der Waals surface area contributed by atoms with Gasteiger partial charge in [0.25, 0.3) is 5.91 Å². The normalized spacial score (nSPS) is 10.2. The molecule has 1 aromatic heterocycles. The lowest BCUT2D eigenvalue weighted by Gasteiger charge is -2.11. The summed E-state index contributed by atoms with van der Waals surface area (Å²) in [6, 6.07) is 4.86. The van der Waals surface area contributed by atoms with Crippen LogP contribution in [0.15, 0.2) is 18.2 Å². The fourth-order valence-electron chi connectivity index (χ4n) is 1.88. The third-order valence-corrected chi connectivity index (χ3v) is 3.05. The number of benzene rings is 1.